The molecule has 0 atom stereocenters. The molecule has 0 unspecified atom stereocenters. The van der Waals surface area contributed by atoms with Gasteiger partial charge in [0.15, 0.2) is 0 Å². The highest BCUT2D eigenvalue weighted by atomic mass is 32.2. The van der Waals surface area contributed by atoms with Crippen LogP contribution < -0.4 is 9.03 Å². The van der Waals surface area contributed by atoms with E-state index < -0.39 is 31.4 Å². The Morgan fingerprint density at radius 2 is 1.92 bits per heavy atom. The van der Waals surface area contributed by atoms with Gasteiger partial charge in [0.25, 0.3) is 0 Å². The fourth-order valence-electron chi connectivity index (χ4n) is 2.64. The summed E-state index contributed by atoms with van der Waals surface area (Å²) in [4.78, 5) is 12.5. The minimum Gasteiger partial charge on any atom is -0.273 e. The third kappa shape index (κ3) is 3.33. The number of sulfonamides is 2. The van der Waals surface area contributed by atoms with Crippen LogP contribution in [0.1, 0.15) is 32.8 Å². The van der Waals surface area contributed by atoms with E-state index >= 15 is 0 Å². The summed E-state index contributed by atoms with van der Waals surface area (Å²) in [5.41, 5.74) is -0.457. The highest BCUT2D eigenvalue weighted by molar-refractivity contribution is 7.94. The van der Waals surface area contributed by atoms with Gasteiger partial charge < -0.3 is 0 Å². The van der Waals surface area contributed by atoms with Crippen LogP contribution in [-0.4, -0.2) is 35.0 Å². The quantitative estimate of drug-likeness (QED) is 0.839. The van der Waals surface area contributed by atoms with Crippen molar-refractivity contribution in [3.05, 3.63) is 23.8 Å². The summed E-state index contributed by atoms with van der Waals surface area (Å²) in [6, 6.07) is 4.10. The third-order valence-corrected chi connectivity index (χ3v) is 7.45. The second-order valence-electron chi connectivity index (χ2n) is 6.56. The van der Waals surface area contributed by atoms with E-state index in [0.717, 1.165) is 4.31 Å². The molecule has 7 nitrogen and oxygen atoms in total. The van der Waals surface area contributed by atoms with Crippen LogP contribution in [0.4, 0.5) is 5.69 Å². The van der Waals surface area contributed by atoms with Crippen LogP contribution in [0.25, 0.3) is 0 Å². The van der Waals surface area contributed by atoms with Gasteiger partial charge in [-0.1, -0.05) is 6.92 Å². The number of benzene rings is 1. The van der Waals surface area contributed by atoms with Crippen molar-refractivity contribution in [2.45, 2.75) is 39.0 Å². The van der Waals surface area contributed by atoms with Crippen molar-refractivity contribution in [1.29, 1.82) is 0 Å². The van der Waals surface area contributed by atoms with E-state index in [1.165, 1.54) is 18.2 Å². The van der Waals surface area contributed by atoms with Crippen LogP contribution in [0, 0.1) is 12.3 Å². The van der Waals surface area contributed by atoms with Crippen LogP contribution in [0.2, 0.25) is 0 Å². The summed E-state index contributed by atoms with van der Waals surface area (Å²) < 4.78 is 52.3. The molecule has 0 aromatic heterocycles. The maximum absolute atomic E-state index is 12.4. The zero-order valence-electron chi connectivity index (χ0n) is 14.2. The topological polar surface area (TPSA) is 101 Å². The Bertz CT molecular complexity index is 873. The number of hydrogen-bond donors (Lipinski definition) is 1. The average molecular weight is 374 g/mol. The fraction of sp³-hybridized carbons (Fsp3) is 0.533. The van der Waals surface area contributed by atoms with Gasteiger partial charge in [0.1, 0.15) is 0 Å². The van der Waals surface area contributed by atoms with Gasteiger partial charge in [0, 0.05) is 6.54 Å². The molecule has 1 aliphatic rings. The molecule has 1 N–H and O–H groups in total. The van der Waals surface area contributed by atoms with Gasteiger partial charge in [-0.2, -0.15) is 0 Å². The summed E-state index contributed by atoms with van der Waals surface area (Å²) in [6.45, 7) is 6.89. The molecule has 0 radical (unpaired) electrons. The average Bonchev–Trinajstić information content (AvgIpc) is 2.60. The summed E-state index contributed by atoms with van der Waals surface area (Å²) in [6.07, 6.45) is 0.659. The predicted molar refractivity (Wildman–Crippen MR) is 91.7 cm³/mol. The minimum atomic E-state index is -3.76. The molecule has 0 saturated carbocycles. The summed E-state index contributed by atoms with van der Waals surface area (Å²) in [5.74, 6) is -0.780. The van der Waals surface area contributed by atoms with Crippen molar-refractivity contribution in [3.63, 3.8) is 0 Å². The molecule has 0 aliphatic carbocycles. The molecule has 134 valence electrons. The zero-order valence-corrected chi connectivity index (χ0v) is 15.8. The van der Waals surface area contributed by atoms with Gasteiger partial charge >= 0.3 is 0 Å². The van der Waals surface area contributed by atoms with E-state index in [1.807, 2.05) is 6.92 Å². The van der Waals surface area contributed by atoms with Gasteiger partial charge in [-0.15, -0.1) is 0 Å². The number of amides is 1. The van der Waals surface area contributed by atoms with Crippen molar-refractivity contribution < 1.29 is 21.6 Å². The lowest BCUT2D eigenvalue weighted by Crippen LogP contribution is -2.33. The van der Waals surface area contributed by atoms with Gasteiger partial charge in [0.05, 0.1) is 21.8 Å². The van der Waals surface area contributed by atoms with E-state index in [9.17, 15) is 21.6 Å². The van der Waals surface area contributed by atoms with Gasteiger partial charge in [-0.05, 0) is 51.0 Å². The van der Waals surface area contributed by atoms with E-state index in [1.54, 1.807) is 20.8 Å². The molecule has 9 heteroatoms. The Kier molecular flexibility index (Phi) is 4.82. The molecule has 0 spiro atoms. The third-order valence-electron chi connectivity index (χ3n) is 3.81. The Labute approximate surface area is 143 Å². The Morgan fingerprint density at radius 1 is 1.29 bits per heavy atom. The molecular formula is C15H22N2O5S2. The van der Waals surface area contributed by atoms with Crippen molar-refractivity contribution in [2.24, 2.45) is 5.41 Å². The SMILES string of the molecule is CCCNS(=O)(=O)c1ccc(N2C(=O)C(C)(C)CS2(=O)=O)cc1C. The largest absolute Gasteiger partial charge is 0.273 e. The number of anilines is 1. The number of carbonyl (C=O) groups is 1. The van der Waals surface area contributed by atoms with Crippen molar-refractivity contribution in [2.75, 3.05) is 16.6 Å². The lowest BCUT2D eigenvalue weighted by molar-refractivity contribution is -0.123. The van der Waals surface area contributed by atoms with Crippen LogP contribution in [0.5, 0.6) is 0 Å². The number of aryl methyl sites for hydroxylation is 1. The van der Waals surface area contributed by atoms with E-state index in [-0.39, 0.29) is 16.3 Å². The van der Waals surface area contributed by atoms with E-state index in [2.05, 4.69) is 4.72 Å². The van der Waals surface area contributed by atoms with Gasteiger partial charge in [-0.3, -0.25) is 4.79 Å². The van der Waals surface area contributed by atoms with Gasteiger partial charge in [0.2, 0.25) is 26.0 Å². The van der Waals surface area contributed by atoms with Crippen LogP contribution in [0.15, 0.2) is 23.1 Å². The van der Waals surface area contributed by atoms with E-state index in [4.69, 9.17) is 0 Å². The molecule has 1 aliphatic heterocycles. The standard InChI is InChI=1S/C15H22N2O5S2/c1-5-8-16-24(21,22)13-7-6-12(9-11(13)2)17-14(18)15(3,4)10-23(17,19)20/h6-7,9,16H,5,8,10H2,1-4H3. The summed E-state index contributed by atoms with van der Waals surface area (Å²) >= 11 is 0. The first kappa shape index (κ1) is 18.9. The first-order valence-corrected chi connectivity index (χ1v) is 10.7. The number of hydrogen-bond acceptors (Lipinski definition) is 5. The Morgan fingerprint density at radius 3 is 2.38 bits per heavy atom. The smallest absolute Gasteiger partial charge is 0.247 e. The summed E-state index contributed by atoms with van der Waals surface area (Å²) in [7, 11) is -7.42. The van der Waals surface area contributed by atoms with Crippen LogP contribution >= 0.6 is 0 Å². The lowest BCUT2D eigenvalue weighted by Gasteiger charge is -2.19. The molecule has 2 rings (SSSR count). The lowest BCUT2D eigenvalue weighted by atomic mass is 9.95. The van der Waals surface area contributed by atoms with Crippen LogP contribution in [-0.2, 0) is 24.8 Å². The molecule has 24 heavy (non-hydrogen) atoms. The maximum atomic E-state index is 12.4. The number of rotatable bonds is 5. The summed E-state index contributed by atoms with van der Waals surface area (Å²) in [5, 5.41) is 0. The molecule has 1 aromatic rings. The molecule has 1 heterocycles. The minimum absolute atomic E-state index is 0.0722. The highest BCUT2D eigenvalue weighted by Crippen LogP contribution is 2.36. The highest BCUT2D eigenvalue weighted by Gasteiger charge is 2.50. The normalized spacial score (nSPS) is 19.7. The molecule has 1 saturated heterocycles. The molecule has 1 fully saturated rings. The second-order valence-corrected chi connectivity index (χ2v) is 10.1. The zero-order chi connectivity index (χ0) is 18.3. The number of nitrogens with zero attached hydrogens (tertiary/aromatic N) is 1. The van der Waals surface area contributed by atoms with Crippen molar-refractivity contribution in [3.8, 4) is 0 Å². The van der Waals surface area contributed by atoms with E-state index in [0.29, 0.717) is 18.5 Å². The Balaban J connectivity index is 2.46. The molecule has 1 aromatic carbocycles. The van der Waals surface area contributed by atoms with Crippen molar-refractivity contribution >= 4 is 31.6 Å². The first-order valence-electron chi connectivity index (χ1n) is 7.60. The molecular weight excluding hydrogens is 352 g/mol. The van der Waals surface area contributed by atoms with Crippen molar-refractivity contribution in [1.82, 2.24) is 4.72 Å². The maximum Gasteiger partial charge on any atom is 0.247 e. The van der Waals surface area contributed by atoms with Crippen LogP contribution in [0.3, 0.4) is 0 Å². The first-order chi connectivity index (χ1) is 10.9. The second kappa shape index (κ2) is 6.12. The fourth-order valence-corrected chi connectivity index (χ4v) is 6.09. The number of nitrogens with one attached hydrogen (secondary N) is 1. The predicted octanol–water partition coefficient (Wildman–Crippen LogP) is 1.39. The Hall–Kier alpha value is -1.45. The van der Waals surface area contributed by atoms with Gasteiger partial charge in [-0.25, -0.2) is 25.9 Å². The molecule has 0 bridgehead atoms. The number of carbonyl (C=O) groups excluding carboxylic acids is 1. The monoisotopic (exact) mass is 374 g/mol. The molecule has 1 amide bonds.